The first-order valence-electron chi connectivity index (χ1n) is 12.2. The summed E-state index contributed by atoms with van der Waals surface area (Å²) in [6.07, 6.45) is 7.35. The maximum Gasteiger partial charge on any atom is 0.306 e. The van der Waals surface area contributed by atoms with E-state index in [0.717, 1.165) is 38.5 Å². The van der Waals surface area contributed by atoms with Crippen molar-refractivity contribution in [3.05, 3.63) is 0 Å². The number of ether oxygens (including phenoxy) is 1. The lowest BCUT2D eigenvalue weighted by atomic mass is 9.48. The molecule has 3 N–H and O–H groups in total. The molecule has 0 aromatic carbocycles. The van der Waals surface area contributed by atoms with Crippen LogP contribution in [0.2, 0.25) is 0 Å². The summed E-state index contributed by atoms with van der Waals surface area (Å²) in [6, 6.07) is 0. The van der Waals surface area contributed by atoms with Gasteiger partial charge in [0, 0.05) is 12.3 Å². The largest absolute Gasteiger partial charge is 0.481 e. The molecule has 0 aromatic heterocycles. The van der Waals surface area contributed by atoms with Gasteiger partial charge in [-0.2, -0.15) is 0 Å². The van der Waals surface area contributed by atoms with Gasteiger partial charge in [0.1, 0.15) is 5.60 Å². The van der Waals surface area contributed by atoms with Gasteiger partial charge in [-0.25, -0.2) is 0 Å². The molecule has 1 heterocycles. The van der Waals surface area contributed by atoms with Gasteiger partial charge >= 0.3 is 11.9 Å². The third-order valence-corrected chi connectivity index (χ3v) is 10.7. The number of esters is 1. The van der Waals surface area contributed by atoms with Crippen LogP contribution in [-0.2, 0) is 14.3 Å². The standard InChI is InChI=1S/C25H40O6/c1-15(21(28)29)17-8-11-23(3)18-5-6-19(24(4,30)14-26)25(12-9-20(27)31-25)13-16(18)7-10-22(17,23)2/h15-19,26,30H,5-14H2,1-4H3,(H,28,29)/t15-,16+,17+,18-,19+,22+,23-,24+,25+/m0/s1. The van der Waals surface area contributed by atoms with Crippen molar-refractivity contribution in [2.24, 2.45) is 40.4 Å². The minimum atomic E-state index is -1.29. The van der Waals surface area contributed by atoms with Gasteiger partial charge in [-0.05, 0) is 86.9 Å². The lowest BCUT2D eigenvalue weighted by Crippen LogP contribution is -2.53. The Labute approximate surface area is 185 Å². The Bertz CT molecular complexity index is 748. The molecule has 0 bridgehead atoms. The van der Waals surface area contributed by atoms with Crippen LogP contribution in [0.25, 0.3) is 0 Å². The summed E-state index contributed by atoms with van der Waals surface area (Å²) in [7, 11) is 0. The molecule has 9 atom stereocenters. The number of carboxylic acids is 1. The van der Waals surface area contributed by atoms with Crippen molar-refractivity contribution in [3.8, 4) is 0 Å². The number of fused-ring (bicyclic) bond motifs is 3. The molecule has 0 amide bonds. The smallest absolute Gasteiger partial charge is 0.306 e. The van der Waals surface area contributed by atoms with Crippen molar-refractivity contribution in [1.82, 2.24) is 0 Å². The van der Waals surface area contributed by atoms with Crippen molar-refractivity contribution in [2.75, 3.05) is 6.61 Å². The molecule has 6 nitrogen and oxygen atoms in total. The molecule has 1 aliphatic heterocycles. The van der Waals surface area contributed by atoms with Gasteiger partial charge in [-0.3, -0.25) is 9.59 Å². The highest BCUT2D eigenvalue weighted by atomic mass is 16.6. The molecule has 1 saturated heterocycles. The number of hydrogen-bond acceptors (Lipinski definition) is 5. The molecule has 176 valence electrons. The average Bonchev–Trinajstić information content (AvgIpc) is 3.13. The molecule has 3 aliphatic carbocycles. The van der Waals surface area contributed by atoms with E-state index >= 15 is 0 Å². The van der Waals surface area contributed by atoms with Gasteiger partial charge in [-0.1, -0.05) is 20.8 Å². The van der Waals surface area contributed by atoms with Crippen LogP contribution in [0.3, 0.4) is 0 Å². The number of aliphatic carboxylic acids is 1. The fraction of sp³-hybridized carbons (Fsp3) is 0.920. The van der Waals surface area contributed by atoms with Crippen LogP contribution in [0.4, 0.5) is 0 Å². The van der Waals surface area contributed by atoms with Gasteiger partial charge < -0.3 is 20.1 Å². The summed E-state index contributed by atoms with van der Waals surface area (Å²) < 4.78 is 5.99. The van der Waals surface area contributed by atoms with Crippen molar-refractivity contribution in [3.63, 3.8) is 0 Å². The number of carboxylic acid groups (broad SMARTS) is 1. The third kappa shape index (κ3) is 3.26. The topological polar surface area (TPSA) is 104 Å². The molecule has 0 aromatic rings. The summed E-state index contributed by atoms with van der Waals surface area (Å²) in [6.45, 7) is 7.88. The Morgan fingerprint density at radius 2 is 1.84 bits per heavy atom. The van der Waals surface area contributed by atoms with E-state index in [4.69, 9.17) is 4.74 Å². The van der Waals surface area contributed by atoms with Crippen LogP contribution < -0.4 is 0 Å². The van der Waals surface area contributed by atoms with Crippen LogP contribution in [0.15, 0.2) is 0 Å². The summed E-state index contributed by atoms with van der Waals surface area (Å²) in [4.78, 5) is 24.0. The lowest BCUT2D eigenvalue weighted by molar-refractivity contribution is -0.173. The van der Waals surface area contributed by atoms with Gasteiger partial charge in [0.05, 0.1) is 18.1 Å². The summed E-state index contributed by atoms with van der Waals surface area (Å²) in [5, 5.41) is 30.8. The number of hydrogen-bond donors (Lipinski definition) is 3. The molecule has 4 fully saturated rings. The highest BCUT2D eigenvalue weighted by Crippen LogP contribution is 2.70. The van der Waals surface area contributed by atoms with Crippen LogP contribution in [-0.4, -0.2) is 45.1 Å². The molecular formula is C25H40O6. The van der Waals surface area contributed by atoms with E-state index in [1.165, 1.54) is 0 Å². The predicted octanol–water partition coefficient (Wildman–Crippen LogP) is 3.78. The Morgan fingerprint density at radius 1 is 1.16 bits per heavy atom. The normalized spacial score (nSPS) is 47.7. The zero-order chi connectivity index (χ0) is 22.8. The molecule has 0 unspecified atom stereocenters. The highest BCUT2D eigenvalue weighted by Gasteiger charge is 2.65. The van der Waals surface area contributed by atoms with Crippen LogP contribution in [0, 0.1) is 40.4 Å². The number of aliphatic hydroxyl groups is 2. The first-order chi connectivity index (χ1) is 14.4. The lowest BCUT2D eigenvalue weighted by Gasteiger charge is -2.57. The molecule has 3 saturated carbocycles. The molecule has 6 heteroatoms. The molecule has 4 rings (SSSR count). The molecule has 1 spiro atoms. The Balaban J connectivity index is 1.69. The summed E-state index contributed by atoms with van der Waals surface area (Å²) in [5.41, 5.74) is -1.98. The quantitative estimate of drug-likeness (QED) is 0.580. The monoisotopic (exact) mass is 436 g/mol. The Kier molecular flexibility index (Phi) is 5.53. The van der Waals surface area contributed by atoms with Gasteiger partial charge in [-0.15, -0.1) is 0 Å². The van der Waals surface area contributed by atoms with E-state index < -0.39 is 17.2 Å². The molecule has 4 aliphatic rings. The fourth-order valence-electron chi connectivity index (χ4n) is 8.76. The van der Waals surface area contributed by atoms with Crippen molar-refractivity contribution < 1.29 is 29.6 Å². The van der Waals surface area contributed by atoms with Crippen molar-refractivity contribution >= 4 is 11.9 Å². The number of carbonyl (C=O) groups is 2. The van der Waals surface area contributed by atoms with Crippen LogP contribution in [0.5, 0.6) is 0 Å². The first kappa shape index (κ1) is 23.0. The average molecular weight is 437 g/mol. The second kappa shape index (κ2) is 7.44. The Hall–Kier alpha value is -1.14. The zero-order valence-electron chi connectivity index (χ0n) is 19.5. The number of rotatable bonds is 4. The number of aliphatic hydroxyl groups excluding tert-OH is 1. The van der Waals surface area contributed by atoms with Gasteiger partial charge in [0.15, 0.2) is 0 Å². The highest BCUT2D eigenvalue weighted by molar-refractivity contribution is 5.72. The maximum absolute atomic E-state index is 12.2. The SMILES string of the molecule is C[C@H](C(=O)O)[C@H]1CC[C@@]2(C)[C@H]3CC[C@H]([C@](C)(O)CO)[C@@]4(CCC(=O)O4)C[C@H]3CC[C@]12C. The summed E-state index contributed by atoms with van der Waals surface area (Å²) >= 11 is 0. The first-order valence-corrected chi connectivity index (χ1v) is 12.2. The Morgan fingerprint density at radius 3 is 2.42 bits per heavy atom. The maximum atomic E-state index is 12.2. The van der Waals surface area contributed by atoms with Crippen LogP contribution in [0.1, 0.15) is 85.5 Å². The third-order valence-electron chi connectivity index (χ3n) is 10.7. The second-order valence-electron chi connectivity index (χ2n) is 11.9. The zero-order valence-corrected chi connectivity index (χ0v) is 19.5. The van der Waals surface area contributed by atoms with E-state index in [0.29, 0.717) is 31.1 Å². The molecule has 31 heavy (non-hydrogen) atoms. The van der Waals surface area contributed by atoms with E-state index in [1.54, 1.807) is 6.92 Å². The predicted molar refractivity (Wildman–Crippen MR) is 115 cm³/mol. The number of carbonyl (C=O) groups excluding carboxylic acids is 1. The van der Waals surface area contributed by atoms with E-state index in [9.17, 15) is 24.9 Å². The fourth-order valence-corrected chi connectivity index (χ4v) is 8.76. The van der Waals surface area contributed by atoms with Crippen molar-refractivity contribution in [2.45, 2.75) is 96.7 Å². The second-order valence-corrected chi connectivity index (χ2v) is 11.9. The van der Waals surface area contributed by atoms with Crippen LogP contribution >= 0.6 is 0 Å². The van der Waals surface area contributed by atoms with E-state index in [1.807, 2.05) is 6.92 Å². The molecular weight excluding hydrogens is 396 g/mol. The minimum Gasteiger partial charge on any atom is -0.481 e. The van der Waals surface area contributed by atoms with Crippen molar-refractivity contribution in [1.29, 1.82) is 0 Å². The van der Waals surface area contributed by atoms with E-state index in [2.05, 4.69) is 13.8 Å². The van der Waals surface area contributed by atoms with Gasteiger partial charge in [0.2, 0.25) is 0 Å². The summed E-state index contributed by atoms with van der Waals surface area (Å²) in [5.74, 6) is -0.551. The van der Waals surface area contributed by atoms with Gasteiger partial charge in [0.25, 0.3) is 0 Å². The minimum absolute atomic E-state index is 0.0230. The molecule has 0 radical (unpaired) electrons. The van der Waals surface area contributed by atoms with E-state index in [-0.39, 0.29) is 41.2 Å².